The summed E-state index contributed by atoms with van der Waals surface area (Å²) < 4.78 is 27.4. The summed E-state index contributed by atoms with van der Waals surface area (Å²) >= 11 is 0. The van der Waals surface area contributed by atoms with Crippen molar-refractivity contribution in [1.82, 2.24) is 14.9 Å². The quantitative estimate of drug-likeness (QED) is 0.131. The molecule has 1 heterocycles. The summed E-state index contributed by atoms with van der Waals surface area (Å²) in [6.45, 7) is 3.39. The van der Waals surface area contributed by atoms with E-state index in [0.29, 0.717) is 13.1 Å². The third-order valence-corrected chi connectivity index (χ3v) is 7.45. The maximum Gasteiger partial charge on any atom is 0.321 e. The van der Waals surface area contributed by atoms with Crippen LogP contribution in [0.15, 0.2) is 78.9 Å². The largest absolute Gasteiger partial charge is 0.341 e. The Hall–Kier alpha value is -4.00. The van der Waals surface area contributed by atoms with E-state index in [-0.39, 0.29) is 11.7 Å². The summed E-state index contributed by atoms with van der Waals surface area (Å²) in [6.07, 6.45) is 10.1. The van der Waals surface area contributed by atoms with E-state index in [4.69, 9.17) is 4.98 Å². The van der Waals surface area contributed by atoms with Gasteiger partial charge in [0.05, 0.1) is 17.1 Å². The maximum atomic E-state index is 14.1. The topological polar surface area (TPSA) is 61.0 Å². The highest BCUT2D eigenvalue weighted by molar-refractivity contribution is 5.89. The van der Waals surface area contributed by atoms with Crippen LogP contribution in [0.1, 0.15) is 70.5 Å². The van der Waals surface area contributed by atoms with Crippen molar-refractivity contribution in [3.63, 3.8) is 0 Å². The van der Waals surface area contributed by atoms with Gasteiger partial charge in [-0.1, -0.05) is 106 Å². The number of unbranched alkanes of at least 4 members (excludes halogenated alkanes) is 7. The fraction of sp³-hybridized carbons (Fsp3) is 0.371. The molecular formula is C35H42F2N4O. The number of imidazole rings is 1. The van der Waals surface area contributed by atoms with Crippen LogP contribution in [-0.4, -0.2) is 34.0 Å². The summed E-state index contributed by atoms with van der Waals surface area (Å²) in [5.74, 6) is -0.461. The number of nitrogens with zero attached hydrogens (tertiary/aromatic N) is 2. The second kappa shape index (κ2) is 16.4. The smallest absolute Gasteiger partial charge is 0.321 e. The SMILES string of the molecule is CCCCCCCN(CCCCCCc1nc(-c2ccccc2)c(-c2ccccc2)[nH]1)C(=O)Nc1ccc(F)cc1F. The van der Waals surface area contributed by atoms with Gasteiger partial charge in [0.15, 0.2) is 0 Å². The van der Waals surface area contributed by atoms with Crippen LogP contribution in [0.5, 0.6) is 0 Å². The van der Waals surface area contributed by atoms with Crippen molar-refractivity contribution in [1.29, 1.82) is 0 Å². The number of hydrogen-bond acceptors (Lipinski definition) is 2. The number of carbonyl (C=O) groups excluding carboxylic acids is 1. The number of benzene rings is 3. The molecular weight excluding hydrogens is 530 g/mol. The number of halogens is 2. The molecule has 0 radical (unpaired) electrons. The Morgan fingerprint density at radius 3 is 2.05 bits per heavy atom. The van der Waals surface area contributed by atoms with Crippen LogP contribution in [-0.2, 0) is 6.42 Å². The fourth-order valence-electron chi connectivity index (χ4n) is 5.11. The number of nitrogens with one attached hydrogen (secondary N) is 2. The van der Waals surface area contributed by atoms with Gasteiger partial charge in [0.1, 0.15) is 17.5 Å². The predicted molar refractivity (Wildman–Crippen MR) is 167 cm³/mol. The molecule has 4 aromatic rings. The van der Waals surface area contributed by atoms with E-state index in [1.165, 1.54) is 12.5 Å². The summed E-state index contributed by atoms with van der Waals surface area (Å²) in [6, 6.07) is 23.4. The average molecular weight is 573 g/mol. The molecule has 3 aromatic carbocycles. The lowest BCUT2D eigenvalue weighted by Gasteiger charge is -2.23. The van der Waals surface area contributed by atoms with Gasteiger partial charge in [-0.15, -0.1) is 0 Å². The van der Waals surface area contributed by atoms with Gasteiger partial charge in [-0.2, -0.15) is 0 Å². The lowest BCUT2D eigenvalue weighted by Crippen LogP contribution is -2.36. The summed E-state index contributed by atoms with van der Waals surface area (Å²) in [5, 5.41) is 2.63. The molecule has 222 valence electrons. The first-order valence-corrected chi connectivity index (χ1v) is 15.3. The summed E-state index contributed by atoms with van der Waals surface area (Å²) in [4.78, 5) is 23.3. The third kappa shape index (κ3) is 9.26. The van der Waals surface area contributed by atoms with Gasteiger partial charge in [0.25, 0.3) is 0 Å². The molecule has 0 saturated heterocycles. The van der Waals surface area contributed by atoms with Gasteiger partial charge >= 0.3 is 6.03 Å². The molecule has 1 aromatic heterocycles. The molecule has 4 rings (SSSR count). The number of H-pyrrole nitrogens is 1. The third-order valence-electron chi connectivity index (χ3n) is 7.45. The van der Waals surface area contributed by atoms with E-state index in [2.05, 4.69) is 41.5 Å². The van der Waals surface area contributed by atoms with Crippen molar-refractivity contribution in [2.75, 3.05) is 18.4 Å². The zero-order valence-corrected chi connectivity index (χ0v) is 24.5. The number of anilines is 1. The van der Waals surface area contributed by atoms with E-state index >= 15 is 0 Å². The molecule has 0 spiro atoms. The Kier molecular flexibility index (Phi) is 12.1. The highest BCUT2D eigenvalue weighted by Gasteiger charge is 2.16. The van der Waals surface area contributed by atoms with Gasteiger partial charge < -0.3 is 15.2 Å². The standard InChI is InChI=1S/C35H42F2N4O/c1-2-3-4-6-15-24-41(35(42)38-31-23-22-29(36)26-30(31)37)25-16-7-5-14-21-32-39-33(27-17-10-8-11-18-27)34(40-32)28-19-12-9-13-20-28/h8-13,17-20,22-23,26H,2-7,14-16,21,24-25H2,1H3,(H,38,42)(H,39,40). The van der Waals surface area contributed by atoms with Crippen LogP contribution in [0, 0.1) is 11.6 Å². The van der Waals surface area contributed by atoms with Crippen LogP contribution in [0.3, 0.4) is 0 Å². The average Bonchev–Trinajstić information content (AvgIpc) is 3.44. The van der Waals surface area contributed by atoms with Crippen molar-refractivity contribution in [3.8, 4) is 22.5 Å². The van der Waals surface area contributed by atoms with E-state index in [9.17, 15) is 13.6 Å². The molecule has 0 bridgehead atoms. The predicted octanol–water partition coefficient (Wildman–Crippen LogP) is 9.63. The van der Waals surface area contributed by atoms with Crippen molar-refractivity contribution < 1.29 is 13.6 Å². The first-order valence-electron chi connectivity index (χ1n) is 15.3. The Morgan fingerprint density at radius 1 is 0.786 bits per heavy atom. The maximum absolute atomic E-state index is 14.1. The molecule has 0 unspecified atom stereocenters. The molecule has 2 N–H and O–H groups in total. The summed E-state index contributed by atoms with van der Waals surface area (Å²) in [5.41, 5.74) is 4.21. The molecule has 2 amide bonds. The number of amides is 2. The molecule has 0 fully saturated rings. The van der Waals surface area contributed by atoms with Crippen molar-refractivity contribution >= 4 is 11.7 Å². The summed E-state index contributed by atoms with van der Waals surface area (Å²) in [7, 11) is 0. The second-order valence-electron chi connectivity index (χ2n) is 10.8. The minimum absolute atomic E-state index is 0.000532. The highest BCUT2D eigenvalue weighted by atomic mass is 19.1. The molecule has 0 atom stereocenters. The number of carbonyl (C=O) groups is 1. The molecule has 0 saturated carbocycles. The number of aromatic amines is 1. The highest BCUT2D eigenvalue weighted by Crippen LogP contribution is 2.30. The second-order valence-corrected chi connectivity index (χ2v) is 10.8. The molecule has 0 aliphatic rings. The van der Waals surface area contributed by atoms with Gasteiger partial charge in [-0.3, -0.25) is 0 Å². The monoisotopic (exact) mass is 572 g/mol. The zero-order chi connectivity index (χ0) is 29.6. The molecule has 0 aliphatic heterocycles. The minimum Gasteiger partial charge on any atom is -0.341 e. The fourth-order valence-corrected chi connectivity index (χ4v) is 5.11. The number of rotatable bonds is 16. The van der Waals surface area contributed by atoms with Gasteiger partial charge in [-0.05, 0) is 31.4 Å². The Labute approximate surface area is 248 Å². The number of aryl methyl sites for hydroxylation is 1. The number of urea groups is 1. The van der Waals surface area contributed by atoms with Gasteiger partial charge in [0.2, 0.25) is 0 Å². The number of aromatic nitrogens is 2. The molecule has 7 heteroatoms. The van der Waals surface area contributed by atoms with Gasteiger partial charge in [-0.25, -0.2) is 18.6 Å². The van der Waals surface area contributed by atoms with Crippen LogP contribution >= 0.6 is 0 Å². The Morgan fingerprint density at radius 2 is 1.40 bits per heavy atom. The van der Waals surface area contributed by atoms with E-state index in [0.717, 1.165) is 98.3 Å². The van der Waals surface area contributed by atoms with Crippen LogP contribution in [0.2, 0.25) is 0 Å². The zero-order valence-electron chi connectivity index (χ0n) is 24.5. The van der Waals surface area contributed by atoms with Crippen LogP contribution in [0.4, 0.5) is 19.3 Å². The minimum atomic E-state index is -0.769. The first kappa shape index (κ1) is 30.9. The Balaban J connectivity index is 1.29. The molecule has 42 heavy (non-hydrogen) atoms. The van der Waals surface area contributed by atoms with Crippen molar-refractivity contribution in [3.05, 3.63) is 96.3 Å². The van der Waals surface area contributed by atoms with E-state index in [1.807, 2.05) is 36.4 Å². The lowest BCUT2D eigenvalue weighted by atomic mass is 10.1. The first-order chi connectivity index (χ1) is 20.5. The van der Waals surface area contributed by atoms with E-state index < -0.39 is 11.6 Å². The van der Waals surface area contributed by atoms with Crippen molar-refractivity contribution in [2.45, 2.75) is 71.1 Å². The van der Waals surface area contributed by atoms with E-state index in [1.54, 1.807) is 4.90 Å². The molecule has 0 aliphatic carbocycles. The van der Waals surface area contributed by atoms with Crippen LogP contribution in [0.25, 0.3) is 22.5 Å². The van der Waals surface area contributed by atoms with Crippen LogP contribution < -0.4 is 5.32 Å². The molecule has 5 nitrogen and oxygen atoms in total. The Bertz CT molecular complexity index is 1320. The number of hydrogen-bond donors (Lipinski definition) is 2. The van der Waals surface area contributed by atoms with Gasteiger partial charge in [0, 0.05) is 36.7 Å². The lowest BCUT2D eigenvalue weighted by molar-refractivity contribution is 0.208. The normalized spacial score (nSPS) is 11.0. The van der Waals surface area contributed by atoms with Crippen molar-refractivity contribution in [2.24, 2.45) is 0 Å².